The van der Waals surface area contributed by atoms with Crippen LogP contribution in [0.4, 0.5) is 17.2 Å². The molecule has 0 amide bonds. The van der Waals surface area contributed by atoms with Gasteiger partial charge in [-0.15, -0.1) is 0 Å². The van der Waals surface area contributed by atoms with E-state index in [2.05, 4.69) is 20.3 Å². The number of aryl methyl sites for hydroxylation is 1. The van der Waals surface area contributed by atoms with Gasteiger partial charge in [-0.3, -0.25) is 15.1 Å². The number of benzene rings is 2. The number of non-ortho nitro benzene ring substituents is 1. The quantitative estimate of drug-likeness (QED) is 0.321. The SMILES string of the molecule is Cc1cc(Nc2ncnc3ccc([N+](=O)[O-])cc23)ccc1Oc1ccc(C2CC2)nc1. The number of aromatic nitrogens is 3. The summed E-state index contributed by atoms with van der Waals surface area (Å²) in [6.07, 6.45) is 5.63. The largest absolute Gasteiger partial charge is 0.455 e. The number of hydrogen-bond acceptors (Lipinski definition) is 7. The van der Waals surface area contributed by atoms with Crippen LogP contribution in [-0.4, -0.2) is 19.9 Å². The molecule has 0 saturated heterocycles. The lowest BCUT2D eigenvalue weighted by atomic mass is 10.1. The summed E-state index contributed by atoms with van der Waals surface area (Å²) in [5, 5.41) is 14.9. The predicted octanol–water partition coefficient (Wildman–Crippen LogP) is 5.65. The molecule has 0 bridgehead atoms. The number of fused-ring (bicyclic) bond motifs is 1. The number of rotatable bonds is 6. The van der Waals surface area contributed by atoms with Crippen molar-refractivity contribution in [2.75, 3.05) is 5.32 Å². The Morgan fingerprint density at radius 2 is 1.94 bits per heavy atom. The standard InChI is InChI=1S/C23H19N5O3/c1-14-10-16(4-9-22(14)31-18-6-8-20(24-12-18)15-2-3-15)27-23-19-11-17(28(29)30)5-7-21(19)25-13-26-23/h4-13,15H,2-3H2,1H3,(H,25,26,27). The van der Waals surface area contributed by atoms with Crippen molar-refractivity contribution >= 4 is 28.1 Å². The molecule has 0 radical (unpaired) electrons. The maximum absolute atomic E-state index is 11.1. The summed E-state index contributed by atoms with van der Waals surface area (Å²) in [5.74, 6) is 2.54. The van der Waals surface area contributed by atoms with Gasteiger partial charge in [0.05, 0.1) is 16.6 Å². The van der Waals surface area contributed by atoms with Gasteiger partial charge in [-0.1, -0.05) is 0 Å². The number of ether oxygens (including phenoxy) is 1. The van der Waals surface area contributed by atoms with Gasteiger partial charge in [0.1, 0.15) is 23.6 Å². The zero-order valence-corrected chi connectivity index (χ0v) is 16.8. The highest BCUT2D eigenvalue weighted by atomic mass is 16.6. The van der Waals surface area contributed by atoms with E-state index in [0.29, 0.717) is 28.4 Å². The normalized spacial score (nSPS) is 13.2. The second-order valence-corrected chi connectivity index (χ2v) is 7.58. The molecule has 0 unspecified atom stereocenters. The molecule has 1 aliphatic rings. The first-order valence-electron chi connectivity index (χ1n) is 9.97. The lowest BCUT2D eigenvalue weighted by Gasteiger charge is -2.12. The van der Waals surface area contributed by atoms with Gasteiger partial charge in [0, 0.05) is 34.8 Å². The van der Waals surface area contributed by atoms with Crippen LogP contribution in [-0.2, 0) is 0 Å². The van der Waals surface area contributed by atoms with Crippen molar-refractivity contribution in [1.82, 2.24) is 15.0 Å². The van der Waals surface area contributed by atoms with Gasteiger partial charge >= 0.3 is 0 Å². The minimum Gasteiger partial charge on any atom is -0.455 e. The van der Waals surface area contributed by atoms with E-state index in [1.807, 2.05) is 37.3 Å². The minimum atomic E-state index is -0.432. The number of anilines is 2. The van der Waals surface area contributed by atoms with Gasteiger partial charge in [0.2, 0.25) is 0 Å². The Labute approximate surface area is 178 Å². The van der Waals surface area contributed by atoms with Crippen molar-refractivity contribution < 1.29 is 9.66 Å². The summed E-state index contributed by atoms with van der Waals surface area (Å²) < 4.78 is 5.99. The Bertz CT molecular complexity index is 1290. The van der Waals surface area contributed by atoms with Crippen molar-refractivity contribution in [2.45, 2.75) is 25.7 Å². The number of nitrogens with zero attached hydrogens (tertiary/aromatic N) is 4. The number of hydrogen-bond donors (Lipinski definition) is 1. The fourth-order valence-electron chi connectivity index (χ4n) is 3.44. The smallest absolute Gasteiger partial charge is 0.270 e. The number of nitro benzene ring substituents is 1. The Hall–Kier alpha value is -4.07. The summed E-state index contributed by atoms with van der Waals surface area (Å²) >= 11 is 0. The predicted molar refractivity (Wildman–Crippen MR) is 117 cm³/mol. The van der Waals surface area contributed by atoms with Crippen molar-refractivity contribution in [2.24, 2.45) is 0 Å². The fraction of sp³-hybridized carbons (Fsp3) is 0.174. The van der Waals surface area contributed by atoms with Gasteiger partial charge < -0.3 is 10.1 Å². The first-order valence-corrected chi connectivity index (χ1v) is 9.97. The molecule has 1 fully saturated rings. The van der Waals surface area contributed by atoms with E-state index in [1.54, 1.807) is 12.3 Å². The first-order chi connectivity index (χ1) is 15.1. The molecular weight excluding hydrogens is 394 g/mol. The van der Waals surface area contributed by atoms with E-state index in [9.17, 15) is 10.1 Å². The molecule has 1 N–H and O–H groups in total. The zero-order chi connectivity index (χ0) is 21.4. The summed E-state index contributed by atoms with van der Waals surface area (Å²) in [4.78, 5) is 23.6. The third-order valence-corrected chi connectivity index (χ3v) is 5.25. The number of nitro groups is 1. The van der Waals surface area contributed by atoms with Crippen molar-refractivity contribution in [1.29, 1.82) is 0 Å². The Morgan fingerprint density at radius 3 is 2.65 bits per heavy atom. The summed E-state index contributed by atoms with van der Waals surface area (Å²) in [6, 6.07) is 14.2. The molecule has 2 aromatic carbocycles. The molecule has 5 rings (SSSR count). The van der Waals surface area contributed by atoms with Gasteiger partial charge in [0.15, 0.2) is 0 Å². The third kappa shape index (κ3) is 4.00. The Morgan fingerprint density at radius 1 is 1.06 bits per heavy atom. The maximum Gasteiger partial charge on any atom is 0.270 e. The van der Waals surface area contributed by atoms with Crippen LogP contribution in [0.3, 0.4) is 0 Å². The monoisotopic (exact) mass is 413 g/mol. The average molecular weight is 413 g/mol. The highest BCUT2D eigenvalue weighted by Crippen LogP contribution is 2.39. The van der Waals surface area contributed by atoms with Crippen LogP contribution >= 0.6 is 0 Å². The molecule has 1 saturated carbocycles. The molecule has 8 heteroatoms. The summed E-state index contributed by atoms with van der Waals surface area (Å²) in [7, 11) is 0. The van der Waals surface area contributed by atoms with Crippen LogP contribution in [0.2, 0.25) is 0 Å². The van der Waals surface area contributed by atoms with Gasteiger partial charge in [-0.25, -0.2) is 9.97 Å². The lowest BCUT2D eigenvalue weighted by Crippen LogP contribution is -1.98. The molecule has 2 heterocycles. The number of nitrogens with one attached hydrogen (secondary N) is 1. The second kappa shape index (κ2) is 7.64. The Balaban J connectivity index is 1.37. The molecule has 154 valence electrons. The number of pyridine rings is 1. The van der Waals surface area contributed by atoms with Crippen LogP contribution in [0.5, 0.6) is 11.5 Å². The van der Waals surface area contributed by atoms with Crippen LogP contribution in [0.1, 0.15) is 30.0 Å². The molecule has 1 aliphatic carbocycles. The van der Waals surface area contributed by atoms with Crippen LogP contribution in [0, 0.1) is 17.0 Å². The van der Waals surface area contributed by atoms with E-state index in [-0.39, 0.29) is 5.69 Å². The molecule has 2 aromatic heterocycles. The first kappa shape index (κ1) is 18.9. The van der Waals surface area contributed by atoms with Crippen LogP contribution in [0.15, 0.2) is 61.1 Å². The molecule has 0 atom stereocenters. The van der Waals surface area contributed by atoms with Crippen LogP contribution < -0.4 is 10.1 Å². The van der Waals surface area contributed by atoms with Crippen molar-refractivity contribution in [3.05, 3.63) is 82.4 Å². The van der Waals surface area contributed by atoms with Gasteiger partial charge in [0.25, 0.3) is 5.69 Å². The average Bonchev–Trinajstić information content (AvgIpc) is 3.61. The summed E-state index contributed by atoms with van der Waals surface area (Å²) in [5.41, 5.74) is 3.47. The molecule has 4 aromatic rings. The lowest BCUT2D eigenvalue weighted by molar-refractivity contribution is -0.384. The zero-order valence-electron chi connectivity index (χ0n) is 16.8. The minimum absolute atomic E-state index is 0.00779. The van der Waals surface area contributed by atoms with E-state index in [0.717, 1.165) is 22.7 Å². The highest BCUT2D eigenvalue weighted by Gasteiger charge is 2.24. The van der Waals surface area contributed by atoms with E-state index in [4.69, 9.17) is 4.74 Å². The molecule has 0 spiro atoms. The third-order valence-electron chi connectivity index (χ3n) is 5.25. The Kier molecular flexibility index (Phi) is 4.66. The molecule has 0 aliphatic heterocycles. The summed E-state index contributed by atoms with van der Waals surface area (Å²) in [6.45, 7) is 1.95. The van der Waals surface area contributed by atoms with Crippen molar-refractivity contribution in [3.8, 4) is 11.5 Å². The maximum atomic E-state index is 11.1. The van der Waals surface area contributed by atoms with E-state index in [1.165, 1.54) is 31.3 Å². The van der Waals surface area contributed by atoms with Gasteiger partial charge in [-0.05, 0) is 61.7 Å². The molecule has 8 nitrogen and oxygen atoms in total. The van der Waals surface area contributed by atoms with E-state index >= 15 is 0 Å². The molecular formula is C23H19N5O3. The van der Waals surface area contributed by atoms with Crippen LogP contribution in [0.25, 0.3) is 10.9 Å². The van der Waals surface area contributed by atoms with E-state index < -0.39 is 4.92 Å². The highest BCUT2D eigenvalue weighted by molar-refractivity contribution is 5.92. The second-order valence-electron chi connectivity index (χ2n) is 7.58. The molecule has 31 heavy (non-hydrogen) atoms. The topological polar surface area (TPSA) is 103 Å². The van der Waals surface area contributed by atoms with Gasteiger partial charge in [-0.2, -0.15) is 0 Å². The fourth-order valence-corrected chi connectivity index (χ4v) is 3.44. The van der Waals surface area contributed by atoms with Crippen molar-refractivity contribution in [3.63, 3.8) is 0 Å².